The second-order valence-electron chi connectivity index (χ2n) is 4.06. The zero-order valence-electron chi connectivity index (χ0n) is 10.8. The van der Waals surface area contributed by atoms with Gasteiger partial charge in [0.2, 0.25) is 0 Å². The molecule has 0 heterocycles. The number of benzene rings is 1. The molecule has 0 aliphatic carbocycles. The molecule has 0 unspecified atom stereocenters. The molecule has 1 N–H and O–H groups in total. The van der Waals surface area contributed by atoms with Crippen molar-refractivity contribution in [2.45, 2.75) is 39.7 Å². The summed E-state index contributed by atoms with van der Waals surface area (Å²) in [6, 6.07) is 6.20. The van der Waals surface area contributed by atoms with Crippen molar-refractivity contribution in [2.24, 2.45) is 0 Å². The highest BCUT2D eigenvalue weighted by atomic mass is 79.9. The smallest absolute Gasteiger partial charge is 0.137 e. The average Bonchev–Trinajstić information content (AvgIpc) is 2.34. The van der Waals surface area contributed by atoms with Crippen molar-refractivity contribution in [1.82, 2.24) is 5.32 Å². The van der Waals surface area contributed by atoms with E-state index < -0.39 is 0 Å². The van der Waals surface area contributed by atoms with Gasteiger partial charge in [-0.25, -0.2) is 0 Å². The monoisotopic (exact) mass is 299 g/mol. The highest BCUT2D eigenvalue weighted by molar-refractivity contribution is 9.10. The highest BCUT2D eigenvalue weighted by Gasteiger charge is 2.07. The van der Waals surface area contributed by atoms with Gasteiger partial charge in [0, 0.05) is 12.1 Å². The van der Waals surface area contributed by atoms with Gasteiger partial charge >= 0.3 is 0 Å². The molecule has 0 bridgehead atoms. The largest absolute Gasteiger partial charge is 0.492 e. The van der Waals surface area contributed by atoms with E-state index >= 15 is 0 Å². The fraction of sp³-hybridized carbons (Fsp3) is 0.571. The van der Waals surface area contributed by atoms with Crippen molar-refractivity contribution in [3.05, 3.63) is 28.2 Å². The van der Waals surface area contributed by atoms with E-state index in [1.165, 1.54) is 18.4 Å². The normalized spacial score (nSPS) is 10.5. The van der Waals surface area contributed by atoms with Crippen molar-refractivity contribution >= 4 is 15.9 Å². The second kappa shape index (κ2) is 8.54. The highest BCUT2D eigenvalue weighted by Crippen LogP contribution is 2.29. The van der Waals surface area contributed by atoms with Gasteiger partial charge in [0.1, 0.15) is 5.75 Å². The number of halogens is 1. The molecule has 0 aliphatic rings. The second-order valence-corrected chi connectivity index (χ2v) is 4.92. The molecule has 3 heteroatoms. The fourth-order valence-electron chi connectivity index (χ4n) is 1.64. The van der Waals surface area contributed by atoms with Crippen molar-refractivity contribution in [1.29, 1.82) is 0 Å². The number of rotatable bonds is 8. The maximum atomic E-state index is 5.88. The van der Waals surface area contributed by atoms with Crippen LogP contribution in [0.5, 0.6) is 5.75 Å². The van der Waals surface area contributed by atoms with Gasteiger partial charge in [-0.3, -0.25) is 0 Å². The molecule has 0 amide bonds. The zero-order valence-corrected chi connectivity index (χ0v) is 12.3. The molecular weight excluding hydrogens is 278 g/mol. The standard InChI is InChI=1S/C14H22BrNO/c1-3-5-6-10-17-14-12(11-16-4-2)8-7-9-13(14)15/h7-9,16H,3-6,10-11H2,1-2H3. The Hall–Kier alpha value is -0.540. The molecule has 2 nitrogen and oxygen atoms in total. The molecule has 0 spiro atoms. The number of hydrogen-bond acceptors (Lipinski definition) is 2. The summed E-state index contributed by atoms with van der Waals surface area (Å²) in [5.74, 6) is 0.990. The average molecular weight is 300 g/mol. The first-order valence-corrected chi connectivity index (χ1v) is 7.19. The minimum Gasteiger partial charge on any atom is -0.492 e. The summed E-state index contributed by atoms with van der Waals surface area (Å²) in [6.07, 6.45) is 3.58. The first-order valence-electron chi connectivity index (χ1n) is 6.40. The van der Waals surface area contributed by atoms with Gasteiger partial charge in [-0.1, -0.05) is 38.8 Å². The minimum atomic E-state index is 0.801. The lowest BCUT2D eigenvalue weighted by Gasteiger charge is -2.13. The van der Waals surface area contributed by atoms with E-state index in [0.29, 0.717) is 0 Å². The van der Waals surface area contributed by atoms with Gasteiger partial charge in [0.15, 0.2) is 0 Å². The van der Waals surface area contributed by atoms with E-state index in [-0.39, 0.29) is 0 Å². The van der Waals surface area contributed by atoms with Crippen LogP contribution in [0.3, 0.4) is 0 Å². The van der Waals surface area contributed by atoms with Crippen LogP contribution in [0, 0.1) is 0 Å². The van der Waals surface area contributed by atoms with Crippen LogP contribution in [-0.4, -0.2) is 13.2 Å². The lowest BCUT2D eigenvalue weighted by atomic mass is 10.2. The number of para-hydroxylation sites is 1. The Balaban J connectivity index is 2.60. The third-order valence-corrected chi connectivity index (χ3v) is 3.23. The quantitative estimate of drug-likeness (QED) is 0.729. The van der Waals surface area contributed by atoms with E-state index in [2.05, 4.69) is 47.2 Å². The molecule has 0 saturated carbocycles. The molecule has 1 aromatic rings. The molecule has 0 aliphatic heterocycles. The van der Waals surface area contributed by atoms with Crippen LogP contribution in [0.4, 0.5) is 0 Å². The Labute approximate surface area is 113 Å². The van der Waals surface area contributed by atoms with E-state index in [1.54, 1.807) is 0 Å². The van der Waals surface area contributed by atoms with E-state index in [1.807, 2.05) is 6.07 Å². The lowest BCUT2D eigenvalue weighted by Crippen LogP contribution is -2.13. The van der Waals surface area contributed by atoms with Gasteiger partial charge in [-0.15, -0.1) is 0 Å². The first-order chi connectivity index (χ1) is 8.29. The summed E-state index contributed by atoms with van der Waals surface area (Å²) < 4.78 is 6.93. The molecular formula is C14H22BrNO. The molecule has 1 aromatic carbocycles. The SMILES string of the molecule is CCCCCOc1c(Br)cccc1CNCC. The third kappa shape index (κ3) is 5.09. The van der Waals surface area contributed by atoms with Crippen LogP contribution in [-0.2, 0) is 6.54 Å². The number of hydrogen-bond donors (Lipinski definition) is 1. The number of nitrogens with one attached hydrogen (secondary N) is 1. The summed E-state index contributed by atoms with van der Waals surface area (Å²) in [5.41, 5.74) is 1.22. The Morgan fingerprint density at radius 2 is 2.06 bits per heavy atom. The van der Waals surface area contributed by atoms with Crippen molar-refractivity contribution in [3.8, 4) is 5.75 Å². The number of unbranched alkanes of at least 4 members (excludes halogenated alkanes) is 2. The predicted molar refractivity (Wildman–Crippen MR) is 76.5 cm³/mol. The van der Waals surface area contributed by atoms with Crippen molar-refractivity contribution < 1.29 is 4.74 Å². The predicted octanol–water partition coefficient (Wildman–Crippen LogP) is 4.13. The Bertz CT molecular complexity index is 328. The molecule has 0 saturated heterocycles. The Morgan fingerprint density at radius 1 is 1.24 bits per heavy atom. The maximum Gasteiger partial charge on any atom is 0.137 e. The van der Waals surface area contributed by atoms with E-state index in [0.717, 1.165) is 36.3 Å². The molecule has 0 aromatic heterocycles. The maximum absolute atomic E-state index is 5.88. The minimum absolute atomic E-state index is 0.801. The topological polar surface area (TPSA) is 21.3 Å². The zero-order chi connectivity index (χ0) is 12.5. The van der Waals surface area contributed by atoms with E-state index in [4.69, 9.17) is 4.74 Å². The molecule has 1 rings (SSSR count). The summed E-state index contributed by atoms with van der Waals surface area (Å²) in [6.45, 7) is 6.95. The number of ether oxygens (including phenoxy) is 1. The fourth-order valence-corrected chi connectivity index (χ4v) is 2.16. The molecule has 0 atom stereocenters. The molecule has 17 heavy (non-hydrogen) atoms. The summed E-state index contributed by atoms with van der Waals surface area (Å²) >= 11 is 3.56. The third-order valence-electron chi connectivity index (χ3n) is 2.61. The lowest BCUT2D eigenvalue weighted by molar-refractivity contribution is 0.301. The van der Waals surface area contributed by atoms with Crippen LogP contribution >= 0.6 is 15.9 Å². The van der Waals surface area contributed by atoms with Gasteiger partial charge in [0.25, 0.3) is 0 Å². The Kier molecular flexibility index (Phi) is 7.29. The first kappa shape index (κ1) is 14.5. The van der Waals surface area contributed by atoms with E-state index in [9.17, 15) is 0 Å². The van der Waals surface area contributed by atoms with Crippen LogP contribution in [0.15, 0.2) is 22.7 Å². The van der Waals surface area contributed by atoms with Gasteiger partial charge in [0.05, 0.1) is 11.1 Å². The van der Waals surface area contributed by atoms with Crippen LogP contribution < -0.4 is 10.1 Å². The Morgan fingerprint density at radius 3 is 2.76 bits per heavy atom. The summed E-state index contributed by atoms with van der Waals surface area (Å²) in [5, 5.41) is 3.33. The summed E-state index contributed by atoms with van der Waals surface area (Å²) in [7, 11) is 0. The van der Waals surface area contributed by atoms with Crippen LogP contribution in [0.1, 0.15) is 38.7 Å². The van der Waals surface area contributed by atoms with Gasteiger partial charge in [-0.2, -0.15) is 0 Å². The van der Waals surface area contributed by atoms with Gasteiger partial charge in [-0.05, 0) is 35.0 Å². The summed E-state index contributed by atoms with van der Waals surface area (Å²) in [4.78, 5) is 0. The molecule has 0 fully saturated rings. The van der Waals surface area contributed by atoms with Crippen LogP contribution in [0.2, 0.25) is 0 Å². The van der Waals surface area contributed by atoms with Gasteiger partial charge < -0.3 is 10.1 Å². The van der Waals surface area contributed by atoms with Crippen molar-refractivity contribution in [3.63, 3.8) is 0 Å². The molecule has 96 valence electrons. The van der Waals surface area contributed by atoms with Crippen molar-refractivity contribution in [2.75, 3.05) is 13.2 Å². The van der Waals surface area contributed by atoms with Crippen LogP contribution in [0.25, 0.3) is 0 Å². The molecule has 0 radical (unpaired) electrons.